The molecule has 0 atom stereocenters. The number of hydrogen-bond acceptors (Lipinski definition) is 6. The Balaban J connectivity index is 1.95. The number of hydrogen-bond donors (Lipinski definition) is 0. The van der Waals surface area contributed by atoms with Crippen molar-refractivity contribution in [3.05, 3.63) is 65.2 Å². The molecular weight excluding hydrogens is 372 g/mol. The number of benzene rings is 2. The molecule has 2 aromatic rings. The summed E-state index contributed by atoms with van der Waals surface area (Å²) in [5.74, 6) is -2.94. The molecule has 0 heterocycles. The summed E-state index contributed by atoms with van der Waals surface area (Å²) in [5, 5.41) is 8.54. The predicted molar refractivity (Wildman–Crippen MR) is 94.8 cm³/mol. The van der Waals surface area contributed by atoms with Crippen molar-refractivity contribution in [2.75, 3.05) is 20.3 Å². The lowest BCUT2D eigenvalue weighted by Gasteiger charge is -2.08. The van der Waals surface area contributed by atoms with E-state index in [4.69, 9.17) is 19.5 Å². The van der Waals surface area contributed by atoms with Gasteiger partial charge in [0.2, 0.25) is 0 Å². The van der Waals surface area contributed by atoms with Crippen LogP contribution in [0, 0.1) is 23.0 Å². The van der Waals surface area contributed by atoms with E-state index in [0.29, 0.717) is 17.1 Å². The smallest absolute Gasteiger partial charge is 0.331 e. The van der Waals surface area contributed by atoms with Crippen LogP contribution < -0.4 is 9.47 Å². The highest BCUT2D eigenvalue weighted by Crippen LogP contribution is 2.28. The van der Waals surface area contributed by atoms with Gasteiger partial charge in [-0.3, -0.25) is 4.79 Å². The monoisotopic (exact) mass is 387 g/mol. The zero-order valence-electron chi connectivity index (χ0n) is 14.8. The molecule has 0 fully saturated rings. The molecule has 0 N–H and O–H groups in total. The molecule has 0 amide bonds. The molecule has 2 rings (SSSR count). The van der Waals surface area contributed by atoms with E-state index < -0.39 is 30.0 Å². The van der Waals surface area contributed by atoms with Crippen LogP contribution in [0.3, 0.4) is 0 Å². The van der Waals surface area contributed by atoms with Crippen molar-refractivity contribution in [3.8, 4) is 17.6 Å². The van der Waals surface area contributed by atoms with Crippen LogP contribution in [-0.4, -0.2) is 32.1 Å². The van der Waals surface area contributed by atoms with Crippen LogP contribution in [0.4, 0.5) is 8.78 Å². The lowest BCUT2D eigenvalue weighted by atomic mass is 10.1. The number of halogens is 2. The van der Waals surface area contributed by atoms with E-state index in [9.17, 15) is 18.4 Å². The first-order valence-electron chi connectivity index (χ1n) is 7.95. The maximum Gasteiger partial charge on any atom is 0.331 e. The molecule has 28 heavy (non-hydrogen) atoms. The van der Waals surface area contributed by atoms with Gasteiger partial charge >= 0.3 is 5.97 Å². The molecule has 0 bridgehead atoms. The van der Waals surface area contributed by atoms with Gasteiger partial charge in [-0.15, -0.1) is 0 Å². The van der Waals surface area contributed by atoms with Gasteiger partial charge in [0.25, 0.3) is 0 Å². The van der Waals surface area contributed by atoms with E-state index in [1.54, 1.807) is 18.2 Å². The standard InChI is InChI=1S/C20H15F2NO5/c1-26-19-10-13(2-6-18(19)27-9-8-23)3-7-20(25)28-12-17(24)14-4-5-15(21)16(22)11-14/h2-7,10-11H,9,12H2,1H3/b7-3+. The Morgan fingerprint density at radius 2 is 1.89 bits per heavy atom. The first-order valence-corrected chi connectivity index (χ1v) is 7.95. The second kappa shape index (κ2) is 9.83. The third kappa shape index (κ3) is 5.64. The molecule has 0 aliphatic rings. The van der Waals surface area contributed by atoms with Gasteiger partial charge in [0.1, 0.15) is 6.07 Å². The second-order valence-corrected chi connectivity index (χ2v) is 5.35. The third-order valence-corrected chi connectivity index (χ3v) is 3.48. The topological polar surface area (TPSA) is 85.6 Å². The molecule has 6 nitrogen and oxygen atoms in total. The van der Waals surface area contributed by atoms with Crippen molar-refractivity contribution in [2.24, 2.45) is 0 Å². The van der Waals surface area contributed by atoms with Gasteiger partial charge in [0, 0.05) is 11.6 Å². The van der Waals surface area contributed by atoms with Gasteiger partial charge < -0.3 is 14.2 Å². The van der Waals surface area contributed by atoms with Crippen LogP contribution in [0.2, 0.25) is 0 Å². The molecule has 0 aliphatic carbocycles. The molecule has 0 radical (unpaired) electrons. The summed E-state index contributed by atoms with van der Waals surface area (Å²) in [5.41, 5.74) is 0.485. The minimum Gasteiger partial charge on any atom is -0.493 e. The molecule has 0 unspecified atom stereocenters. The number of carbonyl (C=O) groups excluding carboxylic acids is 2. The van der Waals surface area contributed by atoms with E-state index in [1.807, 2.05) is 6.07 Å². The number of nitriles is 1. The number of esters is 1. The second-order valence-electron chi connectivity index (χ2n) is 5.35. The van der Waals surface area contributed by atoms with E-state index >= 15 is 0 Å². The fraction of sp³-hybridized carbons (Fsp3) is 0.150. The van der Waals surface area contributed by atoms with Gasteiger partial charge in [-0.1, -0.05) is 6.07 Å². The fourth-order valence-corrected chi connectivity index (χ4v) is 2.12. The van der Waals surface area contributed by atoms with E-state index in [0.717, 1.165) is 24.3 Å². The van der Waals surface area contributed by atoms with Crippen molar-refractivity contribution in [1.82, 2.24) is 0 Å². The summed E-state index contributed by atoms with van der Waals surface area (Å²) < 4.78 is 41.1. The lowest BCUT2D eigenvalue weighted by Crippen LogP contribution is -2.13. The van der Waals surface area contributed by atoms with Crippen LogP contribution in [0.25, 0.3) is 6.08 Å². The van der Waals surface area contributed by atoms with Gasteiger partial charge in [-0.05, 0) is 42.0 Å². The number of Topliss-reactive ketones (excluding diaryl/α,β-unsaturated/α-hetero) is 1. The third-order valence-electron chi connectivity index (χ3n) is 3.48. The van der Waals surface area contributed by atoms with Crippen LogP contribution >= 0.6 is 0 Å². The zero-order valence-corrected chi connectivity index (χ0v) is 14.8. The summed E-state index contributed by atoms with van der Waals surface area (Å²) in [6.07, 6.45) is 2.53. The van der Waals surface area contributed by atoms with Crippen LogP contribution in [-0.2, 0) is 9.53 Å². The fourth-order valence-electron chi connectivity index (χ4n) is 2.12. The summed E-state index contributed by atoms with van der Waals surface area (Å²) in [7, 11) is 1.43. The lowest BCUT2D eigenvalue weighted by molar-refractivity contribution is -0.136. The van der Waals surface area contributed by atoms with Crippen LogP contribution in [0.1, 0.15) is 15.9 Å². The average molecular weight is 387 g/mol. The number of carbonyl (C=O) groups is 2. The van der Waals surface area contributed by atoms with E-state index in [-0.39, 0.29) is 12.2 Å². The Bertz CT molecular complexity index is 950. The van der Waals surface area contributed by atoms with Crippen molar-refractivity contribution in [3.63, 3.8) is 0 Å². The van der Waals surface area contributed by atoms with Crippen molar-refractivity contribution >= 4 is 17.8 Å². The summed E-state index contributed by atoms with van der Waals surface area (Å²) >= 11 is 0. The van der Waals surface area contributed by atoms with Crippen LogP contribution in [0.5, 0.6) is 11.5 Å². The molecule has 0 saturated heterocycles. The minimum absolute atomic E-state index is 0.103. The zero-order chi connectivity index (χ0) is 20.5. The highest BCUT2D eigenvalue weighted by molar-refractivity contribution is 5.98. The van der Waals surface area contributed by atoms with Crippen molar-refractivity contribution < 1.29 is 32.6 Å². The Kier molecular flexibility index (Phi) is 7.22. The molecular formula is C20H15F2NO5. The molecule has 0 saturated carbocycles. The van der Waals surface area contributed by atoms with Gasteiger partial charge in [0.15, 0.2) is 42.1 Å². The Labute approximate surface area is 159 Å². The molecule has 0 spiro atoms. The first-order chi connectivity index (χ1) is 13.4. The normalized spacial score (nSPS) is 10.4. The maximum atomic E-state index is 13.1. The van der Waals surface area contributed by atoms with Crippen molar-refractivity contribution in [2.45, 2.75) is 0 Å². The quantitative estimate of drug-likeness (QED) is 0.392. The van der Waals surface area contributed by atoms with Gasteiger partial charge in [0.05, 0.1) is 7.11 Å². The maximum absolute atomic E-state index is 13.1. The summed E-state index contributed by atoms with van der Waals surface area (Å²) in [6, 6.07) is 9.30. The molecule has 2 aromatic carbocycles. The van der Waals surface area contributed by atoms with E-state index in [2.05, 4.69) is 0 Å². The Morgan fingerprint density at radius 1 is 1.11 bits per heavy atom. The predicted octanol–water partition coefficient (Wildman–Crippen LogP) is 3.32. The number of rotatable bonds is 8. The minimum atomic E-state index is -1.16. The van der Waals surface area contributed by atoms with Gasteiger partial charge in [-0.25, -0.2) is 13.6 Å². The summed E-state index contributed by atoms with van der Waals surface area (Å²) in [6.45, 7) is -0.748. The molecule has 8 heteroatoms. The summed E-state index contributed by atoms with van der Waals surface area (Å²) in [4.78, 5) is 23.6. The number of ketones is 1. The molecule has 144 valence electrons. The number of methoxy groups -OCH3 is 1. The SMILES string of the molecule is COc1cc(/C=C/C(=O)OCC(=O)c2ccc(F)c(F)c2)ccc1OCC#N. The van der Waals surface area contributed by atoms with Gasteiger partial charge in [-0.2, -0.15) is 5.26 Å². The number of nitrogens with zero attached hydrogens (tertiary/aromatic N) is 1. The van der Waals surface area contributed by atoms with Crippen LogP contribution in [0.15, 0.2) is 42.5 Å². The average Bonchev–Trinajstić information content (AvgIpc) is 2.71. The molecule has 0 aliphatic heterocycles. The first kappa shape index (κ1) is 20.6. The highest BCUT2D eigenvalue weighted by Gasteiger charge is 2.12. The van der Waals surface area contributed by atoms with E-state index in [1.165, 1.54) is 13.2 Å². The largest absolute Gasteiger partial charge is 0.493 e. The molecule has 0 aromatic heterocycles. The van der Waals surface area contributed by atoms with Crippen molar-refractivity contribution in [1.29, 1.82) is 5.26 Å². The Morgan fingerprint density at radius 3 is 2.57 bits per heavy atom. The highest BCUT2D eigenvalue weighted by atomic mass is 19.2. The number of ether oxygens (including phenoxy) is 3. The Hall–Kier alpha value is -3.73.